The summed E-state index contributed by atoms with van der Waals surface area (Å²) in [5.41, 5.74) is 2.27. The fourth-order valence-corrected chi connectivity index (χ4v) is 2.91. The molecule has 1 N–H and O–H groups in total. The van der Waals surface area contributed by atoms with Crippen molar-refractivity contribution in [2.24, 2.45) is 0 Å². The van der Waals surface area contributed by atoms with E-state index >= 15 is 0 Å². The first-order valence-corrected chi connectivity index (χ1v) is 7.53. The molecule has 3 nitrogen and oxygen atoms in total. The lowest BCUT2D eigenvalue weighted by Gasteiger charge is -2.37. The van der Waals surface area contributed by atoms with E-state index in [1.54, 1.807) is 12.1 Å². The van der Waals surface area contributed by atoms with Gasteiger partial charge < -0.3 is 14.9 Å². The van der Waals surface area contributed by atoms with Crippen molar-refractivity contribution in [3.8, 4) is 5.75 Å². The van der Waals surface area contributed by atoms with E-state index in [-0.39, 0.29) is 5.75 Å². The fraction of sp³-hybridized carbons (Fsp3) is 0.235. The predicted molar refractivity (Wildman–Crippen MR) is 90.0 cm³/mol. The minimum atomic E-state index is 0.274. The van der Waals surface area contributed by atoms with Gasteiger partial charge in [-0.15, -0.1) is 0 Å². The second kappa shape index (κ2) is 6.14. The van der Waals surface area contributed by atoms with E-state index in [0.717, 1.165) is 36.7 Å². The van der Waals surface area contributed by atoms with Gasteiger partial charge in [-0.2, -0.15) is 0 Å². The molecular weight excluding hydrogens is 280 g/mol. The molecule has 0 aromatic heterocycles. The van der Waals surface area contributed by atoms with E-state index in [1.807, 2.05) is 18.2 Å². The van der Waals surface area contributed by atoms with Crippen LogP contribution in [0.15, 0.2) is 54.6 Å². The van der Waals surface area contributed by atoms with Gasteiger partial charge in [0, 0.05) is 37.4 Å². The van der Waals surface area contributed by atoms with Gasteiger partial charge in [0.15, 0.2) is 0 Å². The first kappa shape index (κ1) is 13.9. The molecule has 1 fully saturated rings. The molecule has 0 aliphatic carbocycles. The molecule has 3 rings (SSSR count). The Kier molecular flexibility index (Phi) is 4.06. The number of aromatic hydroxyl groups is 1. The Morgan fingerprint density at radius 1 is 0.857 bits per heavy atom. The van der Waals surface area contributed by atoms with Crippen LogP contribution >= 0.6 is 12.2 Å². The van der Waals surface area contributed by atoms with Crippen LogP contribution in [0.5, 0.6) is 5.75 Å². The molecule has 4 heteroatoms. The zero-order valence-electron chi connectivity index (χ0n) is 11.8. The van der Waals surface area contributed by atoms with E-state index in [2.05, 4.69) is 34.1 Å². The minimum absolute atomic E-state index is 0.274. The predicted octanol–water partition coefficient (Wildman–Crippen LogP) is 2.89. The van der Waals surface area contributed by atoms with Crippen LogP contribution < -0.4 is 4.90 Å². The van der Waals surface area contributed by atoms with Crippen molar-refractivity contribution < 1.29 is 5.11 Å². The normalized spacial score (nSPS) is 15.0. The lowest BCUT2D eigenvalue weighted by Crippen LogP contribution is -2.48. The molecule has 1 aliphatic rings. The first-order chi connectivity index (χ1) is 10.2. The van der Waals surface area contributed by atoms with Gasteiger partial charge >= 0.3 is 0 Å². The number of rotatable bonds is 2. The third-order valence-electron chi connectivity index (χ3n) is 3.80. The van der Waals surface area contributed by atoms with Gasteiger partial charge in [-0.3, -0.25) is 0 Å². The van der Waals surface area contributed by atoms with Gasteiger partial charge in [-0.05, 0) is 36.4 Å². The Balaban J connectivity index is 1.63. The highest BCUT2D eigenvalue weighted by Crippen LogP contribution is 2.18. The SMILES string of the molecule is Oc1ccc(C(=S)N2CCN(c3ccccc3)CC2)cc1. The third-order valence-corrected chi connectivity index (χ3v) is 4.30. The summed E-state index contributed by atoms with van der Waals surface area (Å²) in [6.45, 7) is 3.80. The van der Waals surface area contributed by atoms with E-state index in [0.29, 0.717) is 0 Å². The van der Waals surface area contributed by atoms with E-state index < -0.39 is 0 Å². The van der Waals surface area contributed by atoms with Crippen molar-refractivity contribution in [1.29, 1.82) is 0 Å². The lowest BCUT2D eigenvalue weighted by atomic mass is 10.2. The van der Waals surface area contributed by atoms with Gasteiger partial charge in [0.1, 0.15) is 10.7 Å². The number of thiocarbonyl (C=S) groups is 1. The van der Waals surface area contributed by atoms with Crippen LogP contribution in [-0.4, -0.2) is 41.2 Å². The molecule has 0 radical (unpaired) electrons. The Morgan fingerprint density at radius 2 is 1.48 bits per heavy atom. The summed E-state index contributed by atoms with van der Waals surface area (Å²) in [5.74, 6) is 0.274. The average molecular weight is 298 g/mol. The fourth-order valence-electron chi connectivity index (χ4n) is 2.59. The van der Waals surface area contributed by atoms with Crippen molar-refractivity contribution in [2.75, 3.05) is 31.1 Å². The van der Waals surface area contributed by atoms with Crippen LogP contribution in [0.3, 0.4) is 0 Å². The molecule has 1 aliphatic heterocycles. The Labute approximate surface area is 130 Å². The smallest absolute Gasteiger partial charge is 0.115 e. The molecule has 0 atom stereocenters. The molecule has 108 valence electrons. The van der Waals surface area contributed by atoms with Crippen LogP contribution in [0.2, 0.25) is 0 Å². The van der Waals surface area contributed by atoms with E-state index in [9.17, 15) is 5.11 Å². The number of anilines is 1. The van der Waals surface area contributed by atoms with Crippen LogP contribution in [0.25, 0.3) is 0 Å². The molecule has 0 bridgehead atoms. The molecule has 1 heterocycles. The average Bonchev–Trinajstić information content (AvgIpc) is 2.56. The van der Waals surface area contributed by atoms with E-state index in [1.165, 1.54) is 5.69 Å². The first-order valence-electron chi connectivity index (χ1n) is 7.12. The number of hydrogen-bond acceptors (Lipinski definition) is 3. The highest BCUT2D eigenvalue weighted by atomic mass is 32.1. The van der Waals surface area contributed by atoms with Gasteiger partial charge in [0.05, 0.1) is 0 Å². The molecular formula is C17H18N2OS. The molecule has 2 aromatic carbocycles. The number of piperazine rings is 1. The minimum Gasteiger partial charge on any atom is -0.508 e. The largest absolute Gasteiger partial charge is 0.508 e. The highest BCUT2D eigenvalue weighted by molar-refractivity contribution is 7.80. The van der Waals surface area contributed by atoms with Crippen LogP contribution in [0.1, 0.15) is 5.56 Å². The Bertz CT molecular complexity index is 604. The maximum absolute atomic E-state index is 9.35. The maximum atomic E-state index is 9.35. The summed E-state index contributed by atoms with van der Waals surface area (Å²) in [5, 5.41) is 9.35. The van der Waals surface area contributed by atoms with Gasteiger partial charge in [0.25, 0.3) is 0 Å². The quantitative estimate of drug-likeness (QED) is 0.863. The standard InChI is InChI=1S/C17H18N2OS/c20-16-8-6-14(7-9-16)17(21)19-12-10-18(11-13-19)15-4-2-1-3-5-15/h1-9,20H,10-13H2. The number of para-hydroxylation sites is 1. The molecule has 0 saturated carbocycles. The summed E-state index contributed by atoms with van der Waals surface area (Å²) in [4.78, 5) is 5.49. The number of phenolic OH excluding ortho intramolecular Hbond substituents is 1. The van der Waals surface area contributed by atoms with Crippen molar-refractivity contribution in [3.63, 3.8) is 0 Å². The molecule has 1 saturated heterocycles. The highest BCUT2D eigenvalue weighted by Gasteiger charge is 2.19. The molecule has 2 aromatic rings. The summed E-state index contributed by atoms with van der Waals surface area (Å²) in [6, 6.07) is 17.6. The van der Waals surface area contributed by atoms with E-state index in [4.69, 9.17) is 12.2 Å². The number of nitrogens with zero attached hydrogens (tertiary/aromatic N) is 2. The van der Waals surface area contributed by atoms with Gasteiger partial charge in [-0.1, -0.05) is 30.4 Å². The van der Waals surface area contributed by atoms with Gasteiger partial charge in [0.2, 0.25) is 0 Å². The topological polar surface area (TPSA) is 26.7 Å². The lowest BCUT2D eigenvalue weighted by molar-refractivity contribution is 0.392. The number of phenols is 1. The molecule has 0 spiro atoms. The second-order valence-corrected chi connectivity index (χ2v) is 5.55. The Hall–Kier alpha value is -2.07. The zero-order chi connectivity index (χ0) is 14.7. The molecule has 0 amide bonds. The zero-order valence-corrected chi connectivity index (χ0v) is 12.6. The third kappa shape index (κ3) is 3.16. The summed E-state index contributed by atoms with van der Waals surface area (Å²) >= 11 is 5.56. The summed E-state index contributed by atoms with van der Waals surface area (Å²) < 4.78 is 0. The summed E-state index contributed by atoms with van der Waals surface area (Å²) in [7, 11) is 0. The van der Waals surface area contributed by atoms with Crippen molar-refractivity contribution in [2.45, 2.75) is 0 Å². The van der Waals surface area contributed by atoms with Crippen molar-refractivity contribution >= 4 is 22.9 Å². The Morgan fingerprint density at radius 3 is 2.10 bits per heavy atom. The van der Waals surface area contributed by atoms with Gasteiger partial charge in [-0.25, -0.2) is 0 Å². The van der Waals surface area contributed by atoms with Crippen molar-refractivity contribution in [1.82, 2.24) is 4.90 Å². The van der Waals surface area contributed by atoms with Crippen LogP contribution in [0, 0.1) is 0 Å². The molecule has 0 unspecified atom stereocenters. The van der Waals surface area contributed by atoms with Crippen LogP contribution in [0.4, 0.5) is 5.69 Å². The second-order valence-electron chi connectivity index (χ2n) is 5.16. The van der Waals surface area contributed by atoms with Crippen molar-refractivity contribution in [3.05, 3.63) is 60.2 Å². The van der Waals surface area contributed by atoms with Crippen LogP contribution in [-0.2, 0) is 0 Å². The number of benzene rings is 2. The number of hydrogen-bond donors (Lipinski definition) is 1. The molecule has 21 heavy (non-hydrogen) atoms. The maximum Gasteiger partial charge on any atom is 0.115 e. The monoisotopic (exact) mass is 298 g/mol. The summed E-state index contributed by atoms with van der Waals surface area (Å²) in [6.07, 6.45) is 0.